The van der Waals surface area contributed by atoms with Crippen LogP contribution in [0.4, 0.5) is 5.69 Å². The molecule has 0 radical (unpaired) electrons. The molecule has 1 amide bonds. The minimum Gasteiger partial charge on any atom is -0.454 e. The van der Waals surface area contributed by atoms with Gasteiger partial charge in [-0.2, -0.15) is 5.26 Å². The average Bonchev–Trinajstić information content (AvgIpc) is 3.51. The van der Waals surface area contributed by atoms with Gasteiger partial charge in [0.05, 0.1) is 0 Å². The van der Waals surface area contributed by atoms with E-state index < -0.39 is 18.4 Å². The van der Waals surface area contributed by atoms with Crippen LogP contribution in [0, 0.1) is 18.3 Å². The van der Waals surface area contributed by atoms with E-state index in [0.717, 1.165) is 12.1 Å². The predicted octanol–water partition coefficient (Wildman–Crippen LogP) is 3.42. The fourth-order valence-corrected chi connectivity index (χ4v) is 3.57. The van der Waals surface area contributed by atoms with E-state index in [1.54, 1.807) is 65.2 Å². The number of aryl methyl sites for hydroxylation is 1. The highest BCUT2D eigenvalue weighted by molar-refractivity contribution is 6.01. The molecule has 1 aliphatic rings. The second-order valence-electron chi connectivity index (χ2n) is 7.11. The molecule has 0 atom stereocenters. The molecule has 0 unspecified atom stereocenters. The summed E-state index contributed by atoms with van der Waals surface area (Å²) in [5.74, 6) is -0.675. The van der Waals surface area contributed by atoms with E-state index in [9.17, 15) is 19.6 Å². The van der Waals surface area contributed by atoms with E-state index >= 15 is 0 Å². The molecule has 3 aromatic rings. The van der Waals surface area contributed by atoms with E-state index in [0.29, 0.717) is 18.5 Å². The molecule has 2 aromatic heterocycles. The quantitative estimate of drug-likeness (QED) is 0.449. The third kappa shape index (κ3) is 3.85. The van der Waals surface area contributed by atoms with Gasteiger partial charge >= 0.3 is 5.97 Å². The van der Waals surface area contributed by atoms with Crippen LogP contribution < -0.4 is 4.90 Å². The van der Waals surface area contributed by atoms with Gasteiger partial charge in [-0.3, -0.25) is 14.2 Å². The van der Waals surface area contributed by atoms with Gasteiger partial charge in [0.15, 0.2) is 12.4 Å². The lowest BCUT2D eigenvalue weighted by atomic mass is 10.1. The fraction of sp³-hybridized carbons (Fsp3) is 0.217. The number of aromatic nitrogens is 1. The van der Waals surface area contributed by atoms with Crippen LogP contribution in [0.25, 0.3) is 5.88 Å². The summed E-state index contributed by atoms with van der Waals surface area (Å²) in [6.07, 6.45) is 4.73. The number of rotatable bonds is 6. The maximum Gasteiger partial charge on any atom is 0.343 e. The van der Waals surface area contributed by atoms with Gasteiger partial charge < -0.3 is 14.1 Å². The minimum atomic E-state index is -0.802. The van der Waals surface area contributed by atoms with Crippen molar-refractivity contribution in [3.05, 3.63) is 71.2 Å². The third-order valence-corrected chi connectivity index (χ3v) is 5.13. The van der Waals surface area contributed by atoms with Crippen molar-refractivity contribution in [3.8, 4) is 12.0 Å². The molecule has 8 nitrogen and oxygen atoms in total. The van der Waals surface area contributed by atoms with Crippen LogP contribution in [-0.4, -0.2) is 35.4 Å². The van der Waals surface area contributed by atoms with Crippen molar-refractivity contribution in [1.82, 2.24) is 4.57 Å². The van der Waals surface area contributed by atoms with Gasteiger partial charge in [-0.1, -0.05) is 0 Å². The van der Waals surface area contributed by atoms with Gasteiger partial charge in [0.25, 0.3) is 0 Å². The van der Waals surface area contributed by atoms with Gasteiger partial charge in [0.1, 0.15) is 23.0 Å². The van der Waals surface area contributed by atoms with Crippen LogP contribution in [0.2, 0.25) is 0 Å². The highest BCUT2D eigenvalue weighted by Crippen LogP contribution is 2.26. The number of carbonyl (C=O) groups excluding carboxylic acids is 3. The number of Topliss-reactive ketones (excluding diaryl/α,β-unsaturated/α-hetero) is 1. The summed E-state index contributed by atoms with van der Waals surface area (Å²) < 4.78 is 12.3. The second-order valence-corrected chi connectivity index (χ2v) is 7.11. The van der Waals surface area contributed by atoms with Crippen molar-refractivity contribution in [3.63, 3.8) is 0 Å². The summed E-state index contributed by atoms with van der Waals surface area (Å²) in [5.41, 5.74) is 1.15. The maximum absolute atomic E-state index is 12.6. The van der Waals surface area contributed by atoms with E-state index in [1.165, 1.54) is 0 Å². The third-order valence-electron chi connectivity index (χ3n) is 5.13. The minimum absolute atomic E-state index is 0.00175. The van der Waals surface area contributed by atoms with E-state index in [2.05, 4.69) is 0 Å². The Morgan fingerprint density at radius 1 is 1.19 bits per heavy atom. The molecule has 0 saturated carbocycles. The number of nitriles is 1. The van der Waals surface area contributed by atoms with Crippen LogP contribution in [0.1, 0.15) is 44.9 Å². The molecule has 0 N–H and O–H groups in total. The number of esters is 1. The first-order valence-electron chi connectivity index (χ1n) is 9.77. The molecule has 8 heteroatoms. The monoisotopic (exact) mass is 417 g/mol. The molecule has 1 aromatic carbocycles. The van der Waals surface area contributed by atoms with Gasteiger partial charge in [-0.25, -0.2) is 4.79 Å². The van der Waals surface area contributed by atoms with Crippen molar-refractivity contribution in [1.29, 1.82) is 5.26 Å². The Morgan fingerprint density at radius 3 is 2.52 bits per heavy atom. The number of carbonyl (C=O) groups is 3. The summed E-state index contributed by atoms with van der Waals surface area (Å²) in [4.78, 5) is 38.6. The largest absolute Gasteiger partial charge is 0.454 e. The van der Waals surface area contributed by atoms with Crippen molar-refractivity contribution in [2.24, 2.45) is 0 Å². The van der Waals surface area contributed by atoms with Crippen molar-refractivity contribution < 1.29 is 23.5 Å². The Morgan fingerprint density at radius 2 is 1.90 bits per heavy atom. The Balaban J connectivity index is 1.45. The zero-order valence-electron chi connectivity index (χ0n) is 16.8. The highest BCUT2D eigenvalue weighted by Gasteiger charge is 2.26. The van der Waals surface area contributed by atoms with Gasteiger partial charge in [-0.15, -0.1) is 0 Å². The predicted molar refractivity (Wildman–Crippen MR) is 110 cm³/mol. The first kappa shape index (κ1) is 20.2. The van der Waals surface area contributed by atoms with E-state index in [4.69, 9.17) is 9.15 Å². The van der Waals surface area contributed by atoms with Crippen molar-refractivity contribution >= 4 is 23.3 Å². The molecule has 3 heterocycles. The molecule has 1 saturated heterocycles. The SMILES string of the molecule is Cc1oc(-n2cccc2)c(C#N)c1C(=O)OCC(=O)c1ccc(N2CCCC2=O)cc1. The van der Waals surface area contributed by atoms with Crippen molar-refractivity contribution in [2.75, 3.05) is 18.1 Å². The summed E-state index contributed by atoms with van der Waals surface area (Å²) in [6, 6.07) is 12.1. The topological polar surface area (TPSA) is 106 Å². The normalized spacial score (nSPS) is 13.3. The molecule has 1 aliphatic heterocycles. The zero-order chi connectivity index (χ0) is 22.0. The highest BCUT2D eigenvalue weighted by atomic mass is 16.5. The van der Waals surface area contributed by atoms with E-state index in [1.807, 2.05) is 6.07 Å². The first-order valence-corrected chi connectivity index (χ1v) is 9.77. The summed E-state index contributed by atoms with van der Waals surface area (Å²) >= 11 is 0. The number of hydrogen-bond acceptors (Lipinski definition) is 6. The number of amides is 1. The molecule has 156 valence electrons. The Hall–Kier alpha value is -4.12. The Kier molecular flexibility index (Phi) is 5.41. The summed E-state index contributed by atoms with van der Waals surface area (Å²) in [5, 5.41) is 9.52. The fourth-order valence-electron chi connectivity index (χ4n) is 3.57. The van der Waals surface area contributed by atoms with Gasteiger partial charge in [-0.05, 0) is 49.7 Å². The number of ketones is 1. The number of anilines is 1. The van der Waals surface area contributed by atoms with E-state index in [-0.39, 0.29) is 28.7 Å². The Labute approximate surface area is 178 Å². The molecular weight excluding hydrogens is 398 g/mol. The molecule has 31 heavy (non-hydrogen) atoms. The standard InChI is InChI=1S/C23H19N3O5/c1-15-21(18(13-24)22(31-15)25-10-2-3-11-25)23(29)30-14-19(27)16-6-8-17(9-7-16)26-12-4-5-20(26)28/h2-3,6-11H,4-5,12,14H2,1H3. The molecular formula is C23H19N3O5. The number of furan rings is 1. The van der Waals surface area contributed by atoms with Gasteiger partial charge in [0, 0.05) is 36.6 Å². The molecule has 1 fully saturated rings. The molecule has 0 bridgehead atoms. The van der Waals surface area contributed by atoms with Crippen LogP contribution in [0.15, 0.2) is 53.2 Å². The lowest BCUT2D eigenvalue weighted by Gasteiger charge is -2.15. The van der Waals surface area contributed by atoms with Crippen LogP contribution in [0.3, 0.4) is 0 Å². The Bertz CT molecular complexity index is 1180. The van der Waals surface area contributed by atoms with Crippen molar-refractivity contribution in [2.45, 2.75) is 19.8 Å². The second kappa shape index (κ2) is 8.32. The lowest BCUT2D eigenvalue weighted by Crippen LogP contribution is -2.23. The summed E-state index contributed by atoms with van der Waals surface area (Å²) in [6.45, 7) is 1.75. The molecule has 4 rings (SSSR count). The number of ether oxygens (including phenoxy) is 1. The number of hydrogen-bond donors (Lipinski definition) is 0. The van der Waals surface area contributed by atoms with Gasteiger partial charge in [0.2, 0.25) is 11.8 Å². The van der Waals surface area contributed by atoms with Crippen LogP contribution in [0.5, 0.6) is 0 Å². The van der Waals surface area contributed by atoms with Crippen LogP contribution >= 0.6 is 0 Å². The first-order chi connectivity index (χ1) is 15.0. The average molecular weight is 417 g/mol. The lowest BCUT2D eigenvalue weighted by molar-refractivity contribution is -0.117. The summed E-state index contributed by atoms with van der Waals surface area (Å²) in [7, 11) is 0. The maximum atomic E-state index is 12.6. The zero-order valence-corrected chi connectivity index (χ0v) is 16.8. The number of nitrogens with zero attached hydrogens (tertiary/aromatic N) is 3. The number of benzene rings is 1. The van der Waals surface area contributed by atoms with Crippen LogP contribution in [-0.2, 0) is 9.53 Å². The molecule has 0 spiro atoms. The smallest absolute Gasteiger partial charge is 0.343 e. The molecule has 0 aliphatic carbocycles.